The first-order valence-electron chi connectivity index (χ1n) is 7.77. The number of carbonyl (C=O) groups excluding carboxylic acids is 1. The Bertz CT molecular complexity index is 975. The zero-order chi connectivity index (χ0) is 18.4. The summed E-state index contributed by atoms with van der Waals surface area (Å²) in [5.74, 6) is -0.922. The highest BCUT2D eigenvalue weighted by atomic mass is 16.5. The molecule has 130 valence electrons. The second kappa shape index (κ2) is 7.85. The Morgan fingerprint density at radius 2 is 1.92 bits per heavy atom. The molecule has 0 atom stereocenters. The van der Waals surface area contributed by atoms with Crippen molar-refractivity contribution in [2.75, 3.05) is 11.4 Å². The molecular formula is C17H14N6O3. The van der Waals surface area contributed by atoms with Crippen LogP contribution in [0.1, 0.15) is 6.42 Å². The Balaban J connectivity index is 1.90. The second-order valence-corrected chi connectivity index (χ2v) is 5.22. The van der Waals surface area contributed by atoms with Crippen LogP contribution in [0.4, 0.5) is 5.69 Å². The number of nitriles is 1. The number of para-hydroxylation sites is 1. The van der Waals surface area contributed by atoms with Crippen molar-refractivity contribution >= 4 is 11.6 Å². The molecule has 0 spiro atoms. The highest BCUT2D eigenvalue weighted by Crippen LogP contribution is 2.16. The maximum Gasteiger partial charge on any atom is 0.442 e. The van der Waals surface area contributed by atoms with Crippen LogP contribution >= 0.6 is 0 Å². The third-order valence-corrected chi connectivity index (χ3v) is 3.56. The van der Waals surface area contributed by atoms with Gasteiger partial charge in [0.15, 0.2) is 5.82 Å². The van der Waals surface area contributed by atoms with Crippen molar-refractivity contribution < 1.29 is 9.32 Å². The topological polar surface area (TPSA) is 118 Å². The van der Waals surface area contributed by atoms with E-state index in [1.165, 1.54) is 17.3 Å². The monoisotopic (exact) mass is 350 g/mol. The summed E-state index contributed by atoms with van der Waals surface area (Å²) in [5.41, 5.74) is 0.634. The van der Waals surface area contributed by atoms with E-state index in [9.17, 15) is 9.59 Å². The van der Waals surface area contributed by atoms with Gasteiger partial charge in [-0.2, -0.15) is 5.26 Å². The predicted octanol–water partition coefficient (Wildman–Crippen LogP) is 1.24. The number of anilines is 1. The van der Waals surface area contributed by atoms with Crippen molar-refractivity contribution in [3.63, 3.8) is 0 Å². The molecule has 9 nitrogen and oxygen atoms in total. The summed E-state index contributed by atoms with van der Waals surface area (Å²) in [5, 5.41) is 12.5. The van der Waals surface area contributed by atoms with Gasteiger partial charge in [0.25, 0.3) is 0 Å². The molecule has 26 heavy (non-hydrogen) atoms. The second-order valence-electron chi connectivity index (χ2n) is 5.22. The molecule has 0 aliphatic rings. The Kier molecular flexibility index (Phi) is 5.14. The minimum Gasteiger partial charge on any atom is -0.310 e. The van der Waals surface area contributed by atoms with Gasteiger partial charge in [0.2, 0.25) is 11.7 Å². The highest BCUT2D eigenvalue weighted by molar-refractivity contribution is 5.93. The highest BCUT2D eigenvalue weighted by Gasteiger charge is 2.22. The van der Waals surface area contributed by atoms with Crippen LogP contribution in [0.2, 0.25) is 0 Å². The molecule has 0 saturated heterocycles. The molecule has 0 aliphatic carbocycles. The summed E-state index contributed by atoms with van der Waals surface area (Å²) in [7, 11) is 0. The summed E-state index contributed by atoms with van der Waals surface area (Å²) >= 11 is 0. The molecule has 0 saturated carbocycles. The van der Waals surface area contributed by atoms with Gasteiger partial charge in [0.1, 0.15) is 6.54 Å². The zero-order valence-corrected chi connectivity index (χ0v) is 13.6. The van der Waals surface area contributed by atoms with Gasteiger partial charge in [-0.15, -0.1) is 0 Å². The van der Waals surface area contributed by atoms with Crippen LogP contribution in [0, 0.1) is 11.3 Å². The van der Waals surface area contributed by atoms with Gasteiger partial charge in [-0.1, -0.05) is 23.4 Å². The van der Waals surface area contributed by atoms with E-state index in [4.69, 9.17) is 5.26 Å². The lowest BCUT2D eigenvalue weighted by Crippen LogP contribution is -2.36. The van der Waals surface area contributed by atoms with Crippen molar-refractivity contribution in [2.24, 2.45) is 0 Å². The molecule has 2 heterocycles. The molecule has 3 rings (SSSR count). The predicted molar refractivity (Wildman–Crippen MR) is 90.8 cm³/mol. The van der Waals surface area contributed by atoms with Gasteiger partial charge in [-0.3, -0.25) is 9.32 Å². The van der Waals surface area contributed by atoms with Crippen LogP contribution in [0.3, 0.4) is 0 Å². The van der Waals surface area contributed by atoms with Gasteiger partial charge in [-0.25, -0.2) is 19.3 Å². The van der Waals surface area contributed by atoms with E-state index in [1.807, 2.05) is 12.1 Å². The number of aromatic nitrogens is 4. The quantitative estimate of drug-likeness (QED) is 0.656. The van der Waals surface area contributed by atoms with E-state index in [-0.39, 0.29) is 37.1 Å². The Hall–Kier alpha value is -3.80. The zero-order valence-electron chi connectivity index (χ0n) is 13.6. The molecular weight excluding hydrogens is 336 g/mol. The molecule has 3 aromatic rings. The van der Waals surface area contributed by atoms with E-state index in [1.54, 1.807) is 30.3 Å². The lowest BCUT2D eigenvalue weighted by atomic mass is 10.2. The minimum absolute atomic E-state index is 0.0669. The number of benzene rings is 1. The molecule has 0 bridgehead atoms. The smallest absolute Gasteiger partial charge is 0.310 e. The maximum atomic E-state index is 12.8. The van der Waals surface area contributed by atoms with Crippen LogP contribution < -0.4 is 10.7 Å². The SMILES string of the molecule is N#CCCN(C(=O)Cn1c(-c2ncccn2)noc1=O)c1ccccc1. The Morgan fingerprint density at radius 3 is 2.62 bits per heavy atom. The van der Waals surface area contributed by atoms with Gasteiger partial charge >= 0.3 is 5.76 Å². The van der Waals surface area contributed by atoms with E-state index < -0.39 is 5.76 Å². The summed E-state index contributed by atoms with van der Waals surface area (Å²) in [6.45, 7) is -0.104. The first-order valence-corrected chi connectivity index (χ1v) is 7.77. The van der Waals surface area contributed by atoms with Crippen LogP contribution in [0.5, 0.6) is 0 Å². The summed E-state index contributed by atoms with van der Waals surface area (Å²) in [6, 6.07) is 12.6. The molecule has 0 fully saturated rings. The molecule has 0 radical (unpaired) electrons. The third-order valence-electron chi connectivity index (χ3n) is 3.56. The van der Waals surface area contributed by atoms with Crippen molar-refractivity contribution in [2.45, 2.75) is 13.0 Å². The minimum atomic E-state index is -0.783. The first-order chi connectivity index (χ1) is 12.7. The van der Waals surface area contributed by atoms with Crippen LogP contribution in [0.25, 0.3) is 11.6 Å². The van der Waals surface area contributed by atoms with Crippen LogP contribution in [0.15, 0.2) is 58.1 Å². The Morgan fingerprint density at radius 1 is 1.19 bits per heavy atom. The van der Waals surface area contributed by atoms with Crippen molar-refractivity contribution in [3.05, 3.63) is 59.3 Å². The molecule has 0 aliphatic heterocycles. The van der Waals surface area contributed by atoms with Gasteiger partial charge in [-0.05, 0) is 18.2 Å². The molecule has 1 amide bonds. The summed E-state index contributed by atoms with van der Waals surface area (Å²) in [4.78, 5) is 34.3. The molecule has 1 aromatic carbocycles. The van der Waals surface area contributed by atoms with E-state index >= 15 is 0 Å². The normalized spacial score (nSPS) is 10.3. The lowest BCUT2D eigenvalue weighted by molar-refractivity contribution is -0.119. The van der Waals surface area contributed by atoms with E-state index in [2.05, 4.69) is 19.6 Å². The third kappa shape index (κ3) is 3.64. The fraction of sp³-hybridized carbons (Fsp3) is 0.176. The molecule has 2 aromatic heterocycles. The number of amides is 1. The van der Waals surface area contributed by atoms with E-state index in [0.29, 0.717) is 5.69 Å². The Labute approximate surface area is 148 Å². The standard InChI is InChI=1S/C17H14N6O3/c18-8-4-11-22(13-6-2-1-3-7-13)14(24)12-23-16(21-26-17(23)25)15-19-9-5-10-20-15/h1-3,5-7,9-10H,4,11-12H2. The molecule has 9 heteroatoms. The van der Waals surface area contributed by atoms with Crippen molar-refractivity contribution in [3.8, 4) is 17.7 Å². The van der Waals surface area contributed by atoms with Gasteiger partial charge < -0.3 is 4.90 Å². The van der Waals surface area contributed by atoms with Gasteiger partial charge in [0, 0.05) is 24.6 Å². The number of nitrogens with zero attached hydrogens (tertiary/aromatic N) is 6. The summed E-state index contributed by atoms with van der Waals surface area (Å²) in [6.07, 6.45) is 3.15. The van der Waals surface area contributed by atoms with Crippen molar-refractivity contribution in [1.82, 2.24) is 19.7 Å². The van der Waals surface area contributed by atoms with Crippen molar-refractivity contribution in [1.29, 1.82) is 5.26 Å². The lowest BCUT2D eigenvalue weighted by Gasteiger charge is -2.21. The fourth-order valence-corrected chi connectivity index (χ4v) is 2.37. The van der Waals surface area contributed by atoms with Crippen LogP contribution in [-0.2, 0) is 11.3 Å². The average molecular weight is 350 g/mol. The number of rotatable bonds is 6. The maximum absolute atomic E-state index is 12.8. The average Bonchev–Trinajstić information content (AvgIpc) is 3.04. The molecule has 0 N–H and O–H groups in total. The first kappa shape index (κ1) is 17.0. The number of hydrogen-bond donors (Lipinski definition) is 0. The van der Waals surface area contributed by atoms with Crippen LogP contribution in [-0.4, -0.2) is 32.1 Å². The van der Waals surface area contributed by atoms with E-state index in [0.717, 1.165) is 4.57 Å². The number of carbonyl (C=O) groups is 1. The molecule has 0 unspecified atom stereocenters. The fourth-order valence-electron chi connectivity index (χ4n) is 2.37. The van der Waals surface area contributed by atoms with Gasteiger partial charge in [0.05, 0.1) is 12.5 Å². The number of hydrogen-bond acceptors (Lipinski definition) is 7. The largest absolute Gasteiger partial charge is 0.442 e. The summed E-state index contributed by atoms with van der Waals surface area (Å²) < 4.78 is 5.74.